The van der Waals surface area contributed by atoms with E-state index >= 15 is 0 Å². The van der Waals surface area contributed by atoms with Gasteiger partial charge in [0.05, 0.1) is 28.6 Å². The lowest BCUT2D eigenvalue weighted by Gasteiger charge is -2.46. The summed E-state index contributed by atoms with van der Waals surface area (Å²) in [5.74, 6) is -2.16. The van der Waals surface area contributed by atoms with E-state index in [4.69, 9.17) is 4.98 Å². The summed E-state index contributed by atoms with van der Waals surface area (Å²) >= 11 is 4.49. The minimum atomic E-state index is -1.12. The van der Waals surface area contributed by atoms with Crippen molar-refractivity contribution >= 4 is 46.3 Å². The molecular formula is C20H23N3O4S3. The van der Waals surface area contributed by atoms with E-state index in [2.05, 4.69) is 17.0 Å². The lowest BCUT2D eigenvalue weighted by atomic mass is 9.79. The number of aromatic nitrogens is 1. The Hall–Kier alpha value is -1.72. The van der Waals surface area contributed by atoms with Crippen LogP contribution in [0.5, 0.6) is 0 Å². The van der Waals surface area contributed by atoms with Gasteiger partial charge in [-0.15, -0.1) is 22.7 Å². The lowest BCUT2D eigenvalue weighted by Crippen LogP contribution is -2.63. The molecule has 0 saturated carbocycles. The lowest BCUT2D eigenvalue weighted by molar-refractivity contribution is -0.163. The molecule has 2 N–H and O–H groups in total. The molecule has 0 unspecified atom stereocenters. The number of thiazole rings is 1. The highest BCUT2D eigenvalue weighted by Gasteiger charge is 2.60. The molecule has 2 aliphatic heterocycles. The third-order valence-corrected chi connectivity index (χ3v) is 8.69. The summed E-state index contributed by atoms with van der Waals surface area (Å²) < 4.78 is 0.747. The molecule has 30 heavy (non-hydrogen) atoms. The Balaban J connectivity index is 1.58. The normalized spacial score (nSPS) is 24.4. The number of amides is 1. The molecule has 4 heterocycles. The Morgan fingerprint density at radius 3 is 2.77 bits per heavy atom. The van der Waals surface area contributed by atoms with Gasteiger partial charge in [0, 0.05) is 27.6 Å². The van der Waals surface area contributed by atoms with Crippen molar-refractivity contribution in [1.82, 2.24) is 14.8 Å². The van der Waals surface area contributed by atoms with Gasteiger partial charge in [-0.05, 0) is 33.2 Å². The van der Waals surface area contributed by atoms with E-state index in [-0.39, 0.29) is 23.6 Å². The number of aliphatic hydroxyl groups is 1. The average Bonchev–Trinajstić information content (AvgIpc) is 3.34. The fraction of sp³-hybridized carbons (Fsp3) is 0.450. The SMILES string of the molecule is C[C@@H](O)[C@H]1C(=O)N2C(C(=O)O)=C(Sc3nc(-c4ccc(CN(C)C)s4)cs3)[C@H](C)[C@H]12. The van der Waals surface area contributed by atoms with Crippen molar-refractivity contribution in [2.75, 3.05) is 14.1 Å². The number of hydrogen-bond donors (Lipinski definition) is 2. The number of carboxylic acids is 1. The molecule has 2 aliphatic rings. The Kier molecular flexibility index (Phi) is 5.80. The van der Waals surface area contributed by atoms with Crippen LogP contribution in [0.1, 0.15) is 18.7 Å². The van der Waals surface area contributed by atoms with E-state index in [0.29, 0.717) is 4.91 Å². The Morgan fingerprint density at radius 2 is 2.13 bits per heavy atom. The second-order valence-electron chi connectivity index (χ2n) is 7.88. The van der Waals surface area contributed by atoms with Crippen molar-refractivity contribution in [3.63, 3.8) is 0 Å². The molecule has 2 aromatic rings. The first-order chi connectivity index (χ1) is 14.2. The first kappa shape index (κ1) is 21.5. The summed E-state index contributed by atoms with van der Waals surface area (Å²) in [7, 11) is 4.06. The highest BCUT2D eigenvalue weighted by atomic mass is 32.2. The maximum absolute atomic E-state index is 12.5. The van der Waals surface area contributed by atoms with Crippen molar-refractivity contribution in [2.24, 2.45) is 11.8 Å². The standard InChI is InChI=1S/C20H23N3O4S3/c1-9-15-14(10(2)24)18(25)23(15)16(19(26)27)17(9)30-20-21-12(8-28-20)13-6-5-11(29-13)7-22(3)4/h5-6,8-10,14-15,24H,7H2,1-4H3,(H,26,27)/t9-,10-,14-,15-/m1/s1. The number of aliphatic carboxylic acids is 1. The predicted molar refractivity (Wildman–Crippen MR) is 118 cm³/mol. The van der Waals surface area contributed by atoms with Crippen molar-refractivity contribution < 1.29 is 19.8 Å². The van der Waals surface area contributed by atoms with Gasteiger partial charge in [0.2, 0.25) is 5.91 Å². The summed E-state index contributed by atoms with van der Waals surface area (Å²) in [4.78, 5) is 35.5. The second kappa shape index (κ2) is 8.08. The van der Waals surface area contributed by atoms with Crippen LogP contribution in [-0.4, -0.2) is 63.1 Å². The summed E-state index contributed by atoms with van der Waals surface area (Å²) in [5.41, 5.74) is 0.905. The number of fused-ring (bicyclic) bond motifs is 1. The van der Waals surface area contributed by atoms with Crippen molar-refractivity contribution in [3.05, 3.63) is 33.0 Å². The zero-order valence-corrected chi connectivity index (χ0v) is 19.5. The van der Waals surface area contributed by atoms with Crippen LogP contribution in [0.25, 0.3) is 10.6 Å². The Bertz CT molecular complexity index is 1030. The fourth-order valence-electron chi connectivity index (χ4n) is 4.08. The van der Waals surface area contributed by atoms with E-state index in [1.165, 1.54) is 32.9 Å². The van der Waals surface area contributed by atoms with Crippen LogP contribution in [0.3, 0.4) is 0 Å². The van der Waals surface area contributed by atoms with Gasteiger partial charge < -0.3 is 20.0 Å². The van der Waals surface area contributed by atoms with E-state index < -0.39 is 18.0 Å². The molecule has 1 saturated heterocycles. The van der Waals surface area contributed by atoms with E-state index in [1.807, 2.05) is 26.4 Å². The minimum Gasteiger partial charge on any atom is -0.477 e. The van der Waals surface area contributed by atoms with Crippen LogP contribution in [-0.2, 0) is 16.1 Å². The minimum absolute atomic E-state index is 0.0283. The quantitative estimate of drug-likeness (QED) is 0.607. The van der Waals surface area contributed by atoms with E-state index in [9.17, 15) is 19.8 Å². The number of carboxylic acid groups (broad SMARTS) is 1. The van der Waals surface area contributed by atoms with Crippen molar-refractivity contribution in [3.8, 4) is 10.6 Å². The first-order valence-electron chi connectivity index (χ1n) is 9.54. The average molecular weight is 466 g/mol. The molecule has 0 aromatic carbocycles. The smallest absolute Gasteiger partial charge is 0.353 e. The third-order valence-electron chi connectivity index (χ3n) is 5.38. The summed E-state index contributed by atoms with van der Waals surface area (Å²) in [6, 6.07) is 3.85. The molecule has 4 atom stereocenters. The number of nitrogens with zero attached hydrogens (tertiary/aromatic N) is 3. The van der Waals surface area contributed by atoms with Gasteiger partial charge >= 0.3 is 5.97 Å². The molecule has 0 spiro atoms. The number of carbonyl (C=O) groups excluding carboxylic acids is 1. The summed E-state index contributed by atoms with van der Waals surface area (Å²) in [6.07, 6.45) is -0.803. The van der Waals surface area contributed by atoms with Gasteiger partial charge in [-0.2, -0.15) is 0 Å². The highest BCUT2D eigenvalue weighted by molar-refractivity contribution is 8.04. The molecule has 160 valence electrons. The maximum atomic E-state index is 12.5. The van der Waals surface area contributed by atoms with Gasteiger partial charge in [-0.3, -0.25) is 4.79 Å². The van der Waals surface area contributed by atoms with Crippen LogP contribution in [0, 0.1) is 11.8 Å². The van der Waals surface area contributed by atoms with Gasteiger partial charge in [0.15, 0.2) is 4.34 Å². The number of aliphatic hydroxyl groups excluding tert-OH is 1. The van der Waals surface area contributed by atoms with Gasteiger partial charge in [0.25, 0.3) is 0 Å². The summed E-state index contributed by atoms with van der Waals surface area (Å²) in [5, 5.41) is 21.7. The summed E-state index contributed by atoms with van der Waals surface area (Å²) in [6.45, 7) is 4.37. The van der Waals surface area contributed by atoms with Gasteiger partial charge in [-0.25, -0.2) is 9.78 Å². The molecule has 7 nitrogen and oxygen atoms in total. The maximum Gasteiger partial charge on any atom is 0.353 e. The third kappa shape index (κ3) is 3.60. The molecule has 0 aliphatic carbocycles. The van der Waals surface area contributed by atoms with Crippen LogP contribution in [0.15, 0.2) is 32.5 Å². The second-order valence-corrected chi connectivity index (χ2v) is 11.2. The van der Waals surface area contributed by atoms with Crippen LogP contribution in [0.2, 0.25) is 0 Å². The Morgan fingerprint density at radius 1 is 1.40 bits per heavy atom. The Labute approximate surface area is 187 Å². The number of rotatable bonds is 7. The van der Waals surface area contributed by atoms with Gasteiger partial charge in [-0.1, -0.05) is 18.7 Å². The van der Waals surface area contributed by atoms with E-state index in [1.54, 1.807) is 18.3 Å². The van der Waals surface area contributed by atoms with Crippen molar-refractivity contribution in [2.45, 2.75) is 36.9 Å². The molecule has 1 fully saturated rings. The highest BCUT2D eigenvalue weighted by Crippen LogP contribution is 2.52. The largest absolute Gasteiger partial charge is 0.477 e. The number of thioether (sulfide) groups is 1. The monoisotopic (exact) mass is 465 g/mol. The number of carbonyl (C=O) groups is 2. The number of β-lactam (4-membered cyclic amide) rings is 1. The van der Waals surface area contributed by atoms with Crippen LogP contribution < -0.4 is 0 Å². The molecular weight excluding hydrogens is 442 g/mol. The fourth-order valence-corrected chi connectivity index (χ4v) is 7.33. The molecule has 10 heteroatoms. The molecule has 0 bridgehead atoms. The zero-order chi connectivity index (χ0) is 21.7. The zero-order valence-electron chi connectivity index (χ0n) is 17.0. The predicted octanol–water partition coefficient (Wildman–Crippen LogP) is 3.18. The molecule has 1 amide bonds. The van der Waals surface area contributed by atoms with E-state index in [0.717, 1.165) is 21.5 Å². The number of hydrogen-bond acceptors (Lipinski definition) is 8. The first-order valence-corrected chi connectivity index (χ1v) is 12.1. The van der Waals surface area contributed by atoms with Gasteiger partial charge in [0.1, 0.15) is 5.70 Å². The van der Waals surface area contributed by atoms with Crippen LogP contribution in [0.4, 0.5) is 0 Å². The van der Waals surface area contributed by atoms with Crippen molar-refractivity contribution in [1.29, 1.82) is 0 Å². The molecule has 4 rings (SSSR count). The number of thiophene rings is 1. The molecule has 2 aromatic heterocycles. The topological polar surface area (TPSA) is 94.0 Å². The molecule has 0 radical (unpaired) electrons. The van der Waals surface area contributed by atoms with Crippen LogP contribution >= 0.6 is 34.4 Å².